The molecule has 2 atom stereocenters. The molecule has 1 fully saturated rings. The number of aliphatic hydroxyl groups is 1. The lowest BCUT2D eigenvalue weighted by Gasteiger charge is -2.21. The number of nitrogens with zero attached hydrogens (tertiary/aromatic N) is 2. The number of β-amino-alcohol motifs (C(OH)–C–C–N with tert-alkyl or cyclic N) is 1. The second kappa shape index (κ2) is 7.11. The van der Waals surface area contributed by atoms with E-state index in [-0.39, 0.29) is 11.9 Å². The van der Waals surface area contributed by atoms with E-state index in [1.807, 2.05) is 31.1 Å². The van der Waals surface area contributed by atoms with Gasteiger partial charge in [-0.25, -0.2) is 0 Å². The third-order valence-electron chi connectivity index (χ3n) is 3.89. The zero-order valence-corrected chi connectivity index (χ0v) is 13.8. The van der Waals surface area contributed by atoms with Gasteiger partial charge >= 0.3 is 0 Å². The van der Waals surface area contributed by atoms with Crippen LogP contribution in [0.25, 0.3) is 0 Å². The van der Waals surface area contributed by atoms with E-state index in [2.05, 4.69) is 13.8 Å². The second-order valence-corrected chi connectivity index (χ2v) is 6.54. The average molecular weight is 306 g/mol. The molecular formula is C17H26N2O3. The van der Waals surface area contributed by atoms with Crippen LogP contribution in [0.2, 0.25) is 0 Å². The van der Waals surface area contributed by atoms with E-state index >= 15 is 0 Å². The smallest absolute Gasteiger partial charge is 0.254 e. The zero-order chi connectivity index (χ0) is 16.3. The lowest BCUT2D eigenvalue weighted by atomic mass is 10.2. The summed E-state index contributed by atoms with van der Waals surface area (Å²) in [5.74, 6) is 1.20. The maximum Gasteiger partial charge on any atom is 0.254 e. The minimum Gasteiger partial charge on any atom is -0.493 e. The number of carbonyl (C=O) groups excluding carboxylic acids is 1. The molecule has 0 spiro atoms. The SMILES string of the molecule is CC(C)COc1ccc(C(=O)N2C[C@H](O)[C@@H](N(C)C)C2)cc1. The van der Waals surface area contributed by atoms with Crippen molar-refractivity contribution in [1.82, 2.24) is 9.80 Å². The third-order valence-corrected chi connectivity index (χ3v) is 3.89. The Bertz CT molecular complexity index is 499. The minimum absolute atomic E-state index is 0.00222. The largest absolute Gasteiger partial charge is 0.493 e. The summed E-state index contributed by atoms with van der Waals surface area (Å²) in [5, 5.41) is 10.0. The molecule has 5 nitrogen and oxygen atoms in total. The Morgan fingerprint density at radius 2 is 1.95 bits per heavy atom. The van der Waals surface area contributed by atoms with Crippen molar-refractivity contribution in [2.75, 3.05) is 33.8 Å². The van der Waals surface area contributed by atoms with Crippen LogP contribution in [0.15, 0.2) is 24.3 Å². The average Bonchev–Trinajstić information content (AvgIpc) is 2.87. The molecule has 1 N–H and O–H groups in total. The van der Waals surface area contributed by atoms with Gasteiger partial charge in [0.05, 0.1) is 18.8 Å². The number of aliphatic hydroxyl groups excluding tert-OH is 1. The highest BCUT2D eigenvalue weighted by Gasteiger charge is 2.35. The van der Waals surface area contributed by atoms with Gasteiger partial charge in [0.2, 0.25) is 0 Å². The highest BCUT2D eigenvalue weighted by molar-refractivity contribution is 5.94. The van der Waals surface area contributed by atoms with E-state index in [0.29, 0.717) is 31.2 Å². The van der Waals surface area contributed by atoms with Crippen LogP contribution in [0.4, 0.5) is 0 Å². The van der Waals surface area contributed by atoms with Crippen LogP contribution in [0.5, 0.6) is 5.75 Å². The lowest BCUT2D eigenvalue weighted by molar-refractivity contribution is 0.0764. The topological polar surface area (TPSA) is 53.0 Å². The van der Waals surface area contributed by atoms with Gasteiger partial charge in [-0.3, -0.25) is 4.79 Å². The fraction of sp³-hybridized carbons (Fsp3) is 0.588. The summed E-state index contributed by atoms with van der Waals surface area (Å²) >= 11 is 0. The van der Waals surface area contributed by atoms with Crippen LogP contribution in [0.3, 0.4) is 0 Å². The summed E-state index contributed by atoms with van der Waals surface area (Å²) in [5.41, 5.74) is 0.628. The van der Waals surface area contributed by atoms with E-state index in [4.69, 9.17) is 4.74 Å². The van der Waals surface area contributed by atoms with Gasteiger partial charge in [-0.15, -0.1) is 0 Å². The van der Waals surface area contributed by atoms with E-state index in [1.54, 1.807) is 17.0 Å². The van der Waals surface area contributed by atoms with Crippen molar-refractivity contribution >= 4 is 5.91 Å². The first-order valence-corrected chi connectivity index (χ1v) is 7.75. The van der Waals surface area contributed by atoms with Crippen LogP contribution in [-0.4, -0.2) is 66.8 Å². The maximum absolute atomic E-state index is 12.5. The molecule has 1 aliphatic rings. The normalized spacial score (nSPS) is 21.7. The number of likely N-dealkylation sites (N-methyl/N-ethyl adjacent to an activating group) is 1. The maximum atomic E-state index is 12.5. The predicted octanol–water partition coefficient (Wildman–Crippen LogP) is 1.47. The third kappa shape index (κ3) is 3.99. The number of carbonyl (C=O) groups is 1. The van der Waals surface area contributed by atoms with E-state index in [1.165, 1.54) is 0 Å². The Morgan fingerprint density at radius 1 is 1.32 bits per heavy atom. The van der Waals surface area contributed by atoms with E-state index in [0.717, 1.165) is 5.75 Å². The Hall–Kier alpha value is -1.59. The molecule has 0 radical (unpaired) electrons. The fourth-order valence-electron chi connectivity index (χ4n) is 2.58. The van der Waals surface area contributed by atoms with Crippen molar-refractivity contribution in [2.45, 2.75) is 26.0 Å². The molecule has 1 amide bonds. The van der Waals surface area contributed by atoms with E-state index < -0.39 is 6.10 Å². The minimum atomic E-state index is -0.493. The van der Waals surface area contributed by atoms with Crippen molar-refractivity contribution in [3.05, 3.63) is 29.8 Å². The molecule has 5 heteroatoms. The van der Waals surface area contributed by atoms with Crippen molar-refractivity contribution in [2.24, 2.45) is 5.92 Å². The van der Waals surface area contributed by atoms with Crippen LogP contribution in [-0.2, 0) is 0 Å². The summed E-state index contributed by atoms with van der Waals surface area (Å²) in [6, 6.07) is 7.22. The number of hydrogen-bond donors (Lipinski definition) is 1. The summed E-state index contributed by atoms with van der Waals surface area (Å²) in [4.78, 5) is 16.2. The molecule has 0 bridgehead atoms. The quantitative estimate of drug-likeness (QED) is 0.895. The first-order valence-electron chi connectivity index (χ1n) is 7.75. The molecule has 2 rings (SSSR count). The van der Waals surface area contributed by atoms with Crippen LogP contribution in [0, 0.1) is 5.92 Å². The van der Waals surface area contributed by atoms with Gasteiger partial charge in [0, 0.05) is 18.7 Å². The Labute approximate surface area is 132 Å². The molecule has 0 aromatic heterocycles. The molecule has 0 aliphatic carbocycles. The van der Waals surface area contributed by atoms with E-state index in [9.17, 15) is 9.90 Å². The lowest BCUT2D eigenvalue weighted by Crippen LogP contribution is -2.38. The summed E-state index contributed by atoms with van der Waals surface area (Å²) in [6.07, 6.45) is -0.493. The predicted molar refractivity (Wildman–Crippen MR) is 86.2 cm³/mol. The summed E-state index contributed by atoms with van der Waals surface area (Å²) in [6.45, 7) is 5.79. The zero-order valence-electron chi connectivity index (χ0n) is 13.8. The monoisotopic (exact) mass is 306 g/mol. The number of rotatable bonds is 5. The molecule has 1 heterocycles. The molecule has 1 aromatic rings. The Morgan fingerprint density at radius 3 is 2.45 bits per heavy atom. The molecule has 1 aromatic carbocycles. The fourth-order valence-corrected chi connectivity index (χ4v) is 2.58. The Kier molecular flexibility index (Phi) is 5.42. The highest BCUT2D eigenvalue weighted by Crippen LogP contribution is 2.19. The molecule has 122 valence electrons. The summed E-state index contributed by atoms with van der Waals surface area (Å²) in [7, 11) is 3.84. The first kappa shape index (κ1) is 16.8. The van der Waals surface area contributed by atoms with Crippen molar-refractivity contribution < 1.29 is 14.6 Å². The molecule has 0 saturated carbocycles. The van der Waals surface area contributed by atoms with Crippen LogP contribution < -0.4 is 4.74 Å². The molecule has 1 aliphatic heterocycles. The van der Waals surface area contributed by atoms with Crippen molar-refractivity contribution in [1.29, 1.82) is 0 Å². The standard InChI is InChI=1S/C17H26N2O3/c1-12(2)11-22-14-7-5-13(6-8-14)17(21)19-9-15(18(3)4)16(20)10-19/h5-8,12,15-16,20H,9-11H2,1-4H3/t15-,16-/m0/s1. The number of benzene rings is 1. The molecule has 22 heavy (non-hydrogen) atoms. The van der Waals surface area contributed by atoms with Crippen molar-refractivity contribution in [3.8, 4) is 5.75 Å². The molecule has 0 unspecified atom stereocenters. The molecular weight excluding hydrogens is 280 g/mol. The first-order chi connectivity index (χ1) is 10.4. The number of ether oxygens (including phenoxy) is 1. The number of likely N-dealkylation sites (tertiary alicyclic amines) is 1. The van der Waals surface area contributed by atoms with Crippen molar-refractivity contribution in [3.63, 3.8) is 0 Å². The van der Waals surface area contributed by atoms with Gasteiger partial charge in [0.15, 0.2) is 0 Å². The van der Waals surface area contributed by atoms with Gasteiger partial charge < -0.3 is 19.6 Å². The van der Waals surface area contributed by atoms with Gasteiger partial charge in [0.1, 0.15) is 5.75 Å². The Balaban J connectivity index is 1.98. The highest BCUT2D eigenvalue weighted by atomic mass is 16.5. The van der Waals surface area contributed by atoms with Crippen LogP contribution in [0.1, 0.15) is 24.2 Å². The van der Waals surface area contributed by atoms with Gasteiger partial charge in [0.25, 0.3) is 5.91 Å². The summed E-state index contributed by atoms with van der Waals surface area (Å²) < 4.78 is 5.62. The number of hydrogen-bond acceptors (Lipinski definition) is 4. The number of amides is 1. The van der Waals surface area contributed by atoms with Crippen LogP contribution >= 0.6 is 0 Å². The van der Waals surface area contributed by atoms with Gasteiger partial charge in [-0.1, -0.05) is 13.8 Å². The van der Waals surface area contributed by atoms with Gasteiger partial charge in [-0.05, 0) is 44.3 Å². The molecule has 1 saturated heterocycles. The van der Waals surface area contributed by atoms with Gasteiger partial charge in [-0.2, -0.15) is 0 Å². The second-order valence-electron chi connectivity index (χ2n) is 6.54.